The zero-order chi connectivity index (χ0) is 18.8. The summed E-state index contributed by atoms with van der Waals surface area (Å²) in [5, 5.41) is 8.51. The molecular formula is C18H18ClN5O2. The van der Waals surface area contributed by atoms with Crippen LogP contribution in [0.2, 0.25) is 5.02 Å². The van der Waals surface area contributed by atoms with Crippen molar-refractivity contribution in [1.82, 2.24) is 9.88 Å². The highest BCUT2D eigenvalue weighted by Gasteiger charge is 2.19. The number of hydrogen-bond acceptors (Lipinski definition) is 4. The number of nitrogens with two attached hydrogens (primary N) is 2. The second-order valence-electron chi connectivity index (χ2n) is 5.72. The lowest BCUT2D eigenvalue weighted by atomic mass is 10.2. The Balaban J connectivity index is 2.02. The third-order valence-corrected chi connectivity index (χ3v) is 4.29. The summed E-state index contributed by atoms with van der Waals surface area (Å²) in [6.07, 6.45) is 0. The standard InChI is InChI=1S/C18H18ClN5O2/c1-24(18(21)22)17(25)14-8-12-13(19)5-6-15(16(12)23-14)26-11-4-2-3-10(7-11)9-20/h2-8,23H,9,20H2,1H3,(H3,21,22). The second kappa shape index (κ2) is 7.07. The fraction of sp³-hybridized carbons (Fsp3) is 0.111. The minimum absolute atomic E-state index is 0.256. The molecule has 3 aromatic rings. The van der Waals surface area contributed by atoms with E-state index >= 15 is 0 Å². The Labute approximate surface area is 155 Å². The van der Waals surface area contributed by atoms with E-state index in [4.69, 9.17) is 33.2 Å². The highest BCUT2D eigenvalue weighted by atomic mass is 35.5. The van der Waals surface area contributed by atoms with Crippen LogP contribution in [0.4, 0.5) is 0 Å². The zero-order valence-corrected chi connectivity index (χ0v) is 14.8. The molecular weight excluding hydrogens is 354 g/mol. The van der Waals surface area contributed by atoms with Crippen molar-refractivity contribution in [3.05, 3.63) is 58.7 Å². The van der Waals surface area contributed by atoms with Gasteiger partial charge in [-0.25, -0.2) is 0 Å². The van der Waals surface area contributed by atoms with Crippen LogP contribution in [-0.4, -0.2) is 28.8 Å². The minimum atomic E-state index is -0.444. The number of fused-ring (bicyclic) bond motifs is 1. The number of ether oxygens (including phenoxy) is 1. The number of hydrogen-bond donors (Lipinski definition) is 4. The second-order valence-corrected chi connectivity index (χ2v) is 6.13. The summed E-state index contributed by atoms with van der Waals surface area (Å²) in [6, 6.07) is 12.5. The number of rotatable bonds is 4. The number of aromatic amines is 1. The van der Waals surface area contributed by atoms with Crippen molar-refractivity contribution in [2.45, 2.75) is 6.54 Å². The number of nitrogens with one attached hydrogen (secondary N) is 2. The van der Waals surface area contributed by atoms with Crippen LogP contribution in [0.1, 0.15) is 16.1 Å². The van der Waals surface area contributed by atoms with Gasteiger partial charge in [-0.1, -0.05) is 23.7 Å². The van der Waals surface area contributed by atoms with Gasteiger partial charge in [0, 0.05) is 19.0 Å². The Kier molecular flexibility index (Phi) is 4.83. The summed E-state index contributed by atoms with van der Waals surface area (Å²) < 4.78 is 5.95. The van der Waals surface area contributed by atoms with Crippen molar-refractivity contribution in [3.8, 4) is 11.5 Å². The van der Waals surface area contributed by atoms with Gasteiger partial charge >= 0.3 is 0 Å². The first-order chi connectivity index (χ1) is 12.4. The molecule has 0 aliphatic rings. The van der Waals surface area contributed by atoms with Crippen molar-refractivity contribution >= 4 is 34.4 Å². The molecule has 0 saturated heterocycles. The maximum atomic E-state index is 12.4. The molecule has 0 unspecified atom stereocenters. The lowest BCUT2D eigenvalue weighted by Gasteiger charge is -2.12. The first-order valence-electron chi connectivity index (χ1n) is 7.81. The molecule has 134 valence electrons. The molecule has 1 aromatic heterocycles. The molecule has 0 fully saturated rings. The quantitative estimate of drug-likeness (QED) is 0.416. The lowest BCUT2D eigenvalue weighted by Crippen LogP contribution is -2.38. The molecule has 0 aliphatic heterocycles. The van der Waals surface area contributed by atoms with E-state index in [1.165, 1.54) is 7.05 Å². The van der Waals surface area contributed by atoms with Gasteiger partial charge in [-0.2, -0.15) is 0 Å². The number of aromatic nitrogens is 1. The number of amides is 1. The van der Waals surface area contributed by atoms with Gasteiger partial charge in [-0.3, -0.25) is 15.1 Å². The first kappa shape index (κ1) is 17.8. The summed E-state index contributed by atoms with van der Waals surface area (Å²) in [5.74, 6) is 0.346. The first-order valence-corrected chi connectivity index (χ1v) is 8.18. The van der Waals surface area contributed by atoms with Crippen molar-refractivity contribution in [3.63, 3.8) is 0 Å². The molecule has 7 nitrogen and oxygen atoms in total. The molecule has 26 heavy (non-hydrogen) atoms. The molecule has 0 saturated carbocycles. The topological polar surface area (TPSA) is 121 Å². The van der Waals surface area contributed by atoms with E-state index < -0.39 is 5.91 Å². The Morgan fingerprint density at radius 2 is 2.08 bits per heavy atom. The molecule has 1 amide bonds. The van der Waals surface area contributed by atoms with E-state index in [9.17, 15) is 4.79 Å². The van der Waals surface area contributed by atoms with Gasteiger partial charge in [0.2, 0.25) is 0 Å². The molecule has 0 spiro atoms. The van der Waals surface area contributed by atoms with Crippen LogP contribution < -0.4 is 16.2 Å². The van der Waals surface area contributed by atoms with Crippen molar-refractivity contribution in [2.24, 2.45) is 11.5 Å². The zero-order valence-electron chi connectivity index (χ0n) is 14.0. The molecule has 1 heterocycles. The molecule has 6 N–H and O–H groups in total. The Morgan fingerprint density at radius 3 is 2.77 bits per heavy atom. The number of H-pyrrole nitrogens is 1. The molecule has 0 aliphatic carbocycles. The van der Waals surface area contributed by atoms with Gasteiger partial charge in [0.05, 0.1) is 10.5 Å². The SMILES string of the molecule is CN(C(=N)N)C(=O)c1cc2c(Cl)ccc(Oc3cccc(CN)c3)c2[nH]1. The fourth-order valence-corrected chi connectivity index (χ4v) is 2.72. The maximum absolute atomic E-state index is 12.4. The summed E-state index contributed by atoms with van der Waals surface area (Å²) in [5.41, 5.74) is 12.8. The summed E-state index contributed by atoms with van der Waals surface area (Å²) in [6.45, 7) is 0.408. The van der Waals surface area contributed by atoms with Gasteiger partial charge in [0.1, 0.15) is 11.4 Å². The van der Waals surface area contributed by atoms with E-state index in [1.54, 1.807) is 18.2 Å². The number of carbonyl (C=O) groups is 1. The Morgan fingerprint density at radius 1 is 1.31 bits per heavy atom. The highest BCUT2D eigenvalue weighted by molar-refractivity contribution is 6.35. The maximum Gasteiger partial charge on any atom is 0.276 e. The average molecular weight is 372 g/mol. The number of benzene rings is 2. The van der Waals surface area contributed by atoms with E-state index in [2.05, 4.69) is 4.98 Å². The molecule has 0 bridgehead atoms. The van der Waals surface area contributed by atoms with Gasteiger partial charge in [0.15, 0.2) is 11.7 Å². The van der Waals surface area contributed by atoms with E-state index in [1.807, 2.05) is 24.3 Å². The van der Waals surface area contributed by atoms with Crippen LogP contribution in [0.5, 0.6) is 11.5 Å². The Hall–Kier alpha value is -3.03. The largest absolute Gasteiger partial charge is 0.455 e. The van der Waals surface area contributed by atoms with Gasteiger partial charge < -0.3 is 21.2 Å². The van der Waals surface area contributed by atoms with Crippen LogP contribution in [0, 0.1) is 5.41 Å². The van der Waals surface area contributed by atoms with Gasteiger partial charge in [0.25, 0.3) is 5.91 Å². The number of carbonyl (C=O) groups excluding carboxylic acids is 1. The monoisotopic (exact) mass is 371 g/mol. The third-order valence-electron chi connectivity index (χ3n) is 3.96. The van der Waals surface area contributed by atoms with Crippen LogP contribution in [0.15, 0.2) is 42.5 Å². The van der Waals surface area contributed by atoms with Crippen LogP contribution in [0.25, 0.3) is 10.9 Å². The summed E-state index contributed by atoms with van der Waals surface area (Å²) >= 11 is 6.26. The normalized spacial score (nSPS) is 10.7. The fourth-order valence-electron chi connectivity index (χ4n) is 2.51. The van der Waals surface area contributed by atoms with E-state index in [-0.39, 0.29) is 11.7 Å². The smallest absolute Gasteiger partial charge is 0.276 e. The molecule has 3 rings (SSSR count). The van der Waals surface area contributed by atoms with Crippen molar-refractivity contribution in [2.75, 3.05) is 7.05 Å². The predicted molar refractivity (Wildman–Crippen MR) is 102 cm³/mol. The van der Waals surface area contributed by atoms with E-state index in [0.29, 0.717) is 34.0 Å². The third kappa shape index (κ3) is 3.35. The average Bonchev–Trinajstić information content (AvgIpc) is 3.09. The summed E-state index contributed by atoms with van der Waals surface area (Å²) in [7, 11) is 1.42. The predicted octanol–water partition coefficient (Wildman–Crippen LogP) is 3.04. The van der Waals surface area contributed by atoms with Gasteiger partial charge in [-0.05, 0) is 35.9 Å². The van der Waals surface area contributed by atoms with Gasteiger partial charge in [-0.15, -0.1) is 0 Å². The van der Waals surface area contributed by atoms with Crippen molar-refractivity contribution in [1.29, 1.82) is 5.41 Å². The summed E-state index contributed by atoms with van der Waals surface area (Å²) in [4.78, 5) is 16.4. The highest BCUT2D eigenvalue weighted by Crippen LogP contribution is 2.34. The van der Waals surface area contributed by atoms with Crippen LogP contribution in [0.3, 0.4) is 0 Å². The minimum Gasteiger partial charge on any atom is -0.455 e. The lowest BCUT2D eigenvalue weighted by molar-refractivity contribution is 0.0864. The molecule has 8 heteroatoms. The molecule has 2 aromatic carbocycles. The van der Waals surface area contributed by atoms with Crippen LogP contribution in [-0.2, 0) is 6.54 Å². The number of halogens is 1. The van der Waals surface area contributed by atoms with Crippen LogP contribution >= 0.6 is 11.6 Å². The molecule has 0 atom stereocenters. The Bertz CT molecular complexity index is 998. The molecule has 0 radical (unpaired) electrons. The van der Waals surface area contributed by atoms with Crippen molar-refractivity contribution < 1.29 is 9.53 Å². The van der Waals surface area contributed by atoms with E-state index in [0.717, 1.165) is 10.5 Å². The number of nitrogens with zero attached hydrogens (tertiary/aromatic N) is 1. The number of guanidine groups is 1.